The predicted octanol–water partition coefficient (Wildman–Crippen LogP) is 3.51. The molecule has 96 valence electrons. The van der Waals surface area contributed by atoms with Crippen molar-refractivity contribution < 1.29 is 9.31 Å². The van der Waals surface area contributed by atoms with Crippen molar-refractivity contribution in [1.29, 1.82) is 0 Å². The second-order valence-electron chi connectivity index (χ2n) is 7.04. The molecule has 0 aromatic carbocycles. The molecule has 1 heterocycles. The summed E-state index contributed by atoms with van der Waals surface area (Å²) >= 11 is 0. The summed E-state index contributed by atoms with van der Waals surface area (Å²) in [7, 11) is 0.0695. The van der Waals surface area contributed by atoms with Crippen LogP contribution in [0.25, 0.3) is 0 Å². The first-order chi connectivity index (χ1) is 7.98. The van der Waals surface area contributed by atoms with Crippen LogP contribution in [0.3, 0.4) is 0 Å². The van der Waals surface area contributed by atoms with Gasteiger partial charge in [0.2, 0.25) is 0 Å². The maximum atomic E-state index is 6.32. The fourth-order valence-electron chi connectivity index (χ4n) is 4.45. The molecule has 3 aliphatic carbocycles. The van der Waals surface area contributed by atoms with Crippen LogP contribution < -0.4 is 0 Å². The van der Waals surface area contributed by atoms with Gasteiger partial charge in [-0.25, -0.2) is 0 Å². The summed E-state index contributed by atoms with van der Waals surface area (Å²) in [5.41, 5.74) is 0.463. The smallest absolute Gasteiger partial charge is 0.405 e. The minimum atomic E-state index is -0.00332. The molecule has 0 unspecified atom stereocenters. The van der Waals surface area contributed by atoms with Crippen molar-refractivity contribution in [2.75, 3.05) is 0 Å². The molecule has 4 aliphatic rings. The standard InChI is InChI=1S/C14H25BO2/c1-5-6-7-15-16-12-9-10-8-11(13(10,2)3)14(12,4)17-15/h10-12H,5-9H2,1-4H3/t10-,11-,12+,14-/m0/s1. The summed E-state index contributed by atoms with van der Waals surface area (Å²) in [6.45, 7) is 9.35. The van der Waals surface area contributed by atoms with Gasteiger partial charge in [-0.15, -0.1) is 0 Å². The van der Waals surface area contributed by atoms with Crippen LogP contribution in [0.5, 0.6) is 0 Å². The van der Waals surface area contributed by atoms with Gasteiger partial charge < -0.3 is 9.31 Å². The van der Waals surface area contributed by atoms with Gasteiger partial charge in [0.05, 0.1) is 11.7 Å². The summed E-state index contributed by atoms with van der Waals surface area (Å²) in [5, 5.41) is 0. The summed E-state index contributed by atoms with van der Waals surface area (Å²) < 4.78 is 12.5. The molecule has 0 aromatic rings. The minimum Gasteiger partial charge on any atom is -0.405 e. The van der Waals surface area contributed by atoms with E-state index in [9.17, 15) is 0 Å². The van der Waals surface area contributed by atoms with Crippen molar-refractivity contribution >= 4 is 7.12 Å². The molecule has 4 atom stereocenters. The molecule has 3 heteroatoms. The van der Waals surface area contributed by atoms with Gasteiger partial charge >= 0.3 is 7.12 Å². The number of unbranched alkanes of at least 4 members (excludes halogenated alkanes) is 1. The van der Waals surface area contributed by atoms with Crippen molar-refractivity contribution in [2.24, 2.45) is 17.3 Å². The number of hydrogen-bond donors (Lipinski definition) is 0. The fourth-order valence-corrected chi connectivity index (χ4v) is 4.45. The molecule has 4 fully saturated rings. The number of rotatable bonds is 3. The third-order valence-electron chi connectivity index (χ3n) is 5.80. The van der Waals surface area contributed by atoms with Crippen LogP contribution in [0.15, 0.2) is 0 Å². The van der Waals surface area contributed by atoms with Gasteiger partial charge in [0, 0.05) is 0 Å². The van der Waals surface area contributed by atoms with Crippen LogP contribution in [0.2, 0.25) is 6.32 Å². The Hall–Kier alpha value is -0.0151. The molecule has 0 N–H and O–H groups in total. The quantitative estimate of drug-likeness (QED) is 0.698. The van der Waals surface area contributed by atoms with Gasteiger partial charge in [0.1, 0.15) is 0 Å². The Morgan fingerprint density at radius 1 is 1.24 bits per heavy atom. The monoisotopic (exact) mass is 236 g/mol. The Bertz CT molecular complexity index is 317. The zero-order chi connectivity index (χ0) is 12.3. The molecule has 1 saturated heterocycles. The Kier molecular flexibility index (Phi) is 2.65. The largest absolute Gasteiger partial charge is 0.457 e. The maximum absolute atomic E-state index is 6.32. The lowest BCUT2D eigenvalue weighted by atomic mass is 9.43. The topological polar surface area (TPSA) is 18.5 Å². The summed E-state index contributed by atoms with van der Waals surface area (Å²) in [5.74, 6) is 1.56. The minimum absolute atomic E-state index is 0.00332. The van der Waals surface area contributed by atoms with E-state index in [4.69, 9.17) is 9.31 Å². The zero-order valence-corrected chi connectivity index (χ0v) is 11.7. The van der Waals surface area contributed by atoms with Crippen molar-refractivity contribution in [2.45, 2.75) is 71.4 Å². The van der Waals surface area contributed by atoms with E-state index in [2.05, 4.69) is 27.7 Å². The Morgan fingerprint density at radius 2 is 2.00 bits per heavy atom. The Labute approximate surface area is 106 Å². The third kappa shape index (κ3) is 1.54. The molecule has 0 aromatic heterocycles. The van der Waals surface area contributed by atoms with Gasteiger partial charge in [0.15, 0.2) is 0 Å². The highest BCUT2D eigenvalue weighted by molar-refractivity contribution is 6.45. The molecule has 0 radical (unpaired) electrons. The second-order valence-corrected chi connectivity index (χ2v) is 7.04. The van der Waals surface area contributed by atoms with E-state index < -0.39 is 0 Å². The van der Waals surface area contributed by atoms with Gasteiger partial charge in [-0.05, 0) is 43.3 Å². The predicted molar refractivity (Wildman–Crippen MR) is 69.8 cm³/mol. The van der Waals surface area contributed by atoms with Gasteiger partial charge in [-0.1, -0.05) is 33.6 Å². The first kappa shape index (κ1) is 12.0. The van der Waals surface area contributed by atoms with Crippen molar-refractivity contribution in [3.63, 3.8) is 0 Å². The number of hydrogen-bond acceptors (Lipinski definition) is 2. The van der Waals surface area contributed by atoms with Crippen LogP contribution in [-0.2, 0) is 9.31 Å². The molecule has 2 bridgehead atoms. The van der Waals surface area contributed by atoms with Crippen LogP contribution in [0, 0.1) is 17.3 Å². The first-order valence-electron chi connectivity index (χ1n) is 7.31. The van der Waals surface area contributed by atoms with E-state index in [0.29, 0.717) is 17.4 Å². The lowest BCUT2D eigenvalue weighted by Crippen LogP contribution is -2.65. The van der Waals surface area contributed by atoms with Crippen LogP contribution >= 0.6 is 0 Å². The summed E-state index contributed by atoms with van der Waals surface area (Å²) in [4.78, 5) is 0. The van der Waals surface area contributed by atoms with Crippen LogP contribution in [-0.4, -0.2) is 18.8 Å². The van der Waals surface area contributed by atoms with Gasteiger partial charge in [-0.3, -0.25) is 0 Å². The zero-order valence-electron chi connectivity index (χ0n) is 11.7. The third-order valence-corrected chi connectivity index (χ3v) is 5.80. The lowest BCUT2D eigenvalue weighted by molar-refractivity contribution is -0.199. The highest BCUT2D eigenvalue weighted by Crippen LogP contribution is 2.65. The fraction of sp³-hybridized carbons (Fsp3) is 1.00. The van der Waals surface area contributed by atoms with Crippen LogP contribution in [0.1, 0.15) is 53.4 Å². The van der Waals surface area contributed by atoms with E-state index in [1.807, 2.05) is 0 Å². The van der Waals surface area contributed by atoms with Gasteiger partial charge in [0.25, 0.3) is 0 Å². The molecule has 4 rings (SSSR count). The first-order valence-corrected chi connectivity index (χ1v) is 7.31. The SMILES string of the molecule is CCCCB1O[C@@H]2C[C@@H]3C[C@@H](C3(C)C)[C@]2(C)O1. The average Bonchev–Trinajstić information content (AvgIpc) is 2.61. The Balaban J connectivity index is 1.73. The highest BCUT2D eigenvalue weighted by atomic mass is 16.7. The summed E-state index contributed by atoms with van der Waals surface area (Å²) in [6.07, 6.45) is 6.43. The molecular formula is C14H25BO2. The molecule has 17 heavy (non-hydrogen) atoms. The summed E-state index contributed by atoms with van der Waals surface area (Å²) in [6, 6.07) is 0. The molecular weight excluding hydrogens is 211 g/mol. The molecule has 0 spiro atoms. The lowest BCUT2D eigenvalue weighted by Gasteiger charge is -2.64. The average molecular weight is 236 g/mol. The Morgan fingerprint density at radius 3 is 2.65 bits per heavy atom. The van der Waals surface area contributed by atoms with E-state index in [1.165, 1.54) is 25.7 Å². The van der Waals surface area contributed by atoms with E-state index in [0.717, 1.165) is 12.2 Å². The maximum Gasteiger partial charge on any atom is 0.457 e. The molecule has 1 aliphatic heterocycles. The molecule has 3 saturated carbocycles. The highest BCUT2D eigenvalue weighted by Gasteiger charge is 2.67. The van der Waals surface area contributed by atoms with Crippen molar-refractivity contribution in [3.8, 4) is 0 Å². The van der Waals surface area contributed by atoms with E-state index >= 15 is 0 Å². The molecule has 0 amide bonds. The van der Waals surface area contributed by atoms with E-state index in [-0.39, 0.29) is 12.7 Å². The van der Waals surface area contributed by atoms with Crippen molar-refractivity contribution in [1.82, 2.24) is 0 Å². The van der Waals surface area contributed by atoms with Crippen LogP contribution in [0.4, 0.5) is 0 Å². The normalized spacial score (nSPS) is 46.6. The second kappa shape index (κ2) is 3.74. The van der Waals surface area contributed by atoms with Gasteiger partial charge in [-0.2, -0.15) is 0 Å². The van der Waals surface area contributed by atoms with Crippen molar-refractivity contribution in [3.05, 3.63) is 0 Å². The van der Waals surface area contributed by atoms with E-state index in [1.54, 1.807) is 0 Å². The molecule has 2 nitrogen and oxygen atoms in total.